The maximum atomic E-state index is 13.3. The van der Waals surface area contributed by atoms with Crippen LogP contribution in [0.3, 0.4) is 0 Å². The fourth-order valence-electron chi connectivity index (χ4n) is 5.17. The van der Waals surface area contributed by atoms with Gasteiger partial charge in [-0.3, -0.25) is 9.80 Å². The summed E-state index contributed by atoms with van der Waals surface area (Å²) in [6, 6.07) is 10.1. The molecule has 2 aliphatic heterocycles. The molecule has 12 heteroatoms. The van der Waals surface area contributed by atoms with Crippen LogP contribution in [-0.4, -0.2) is 78.6 Å². The Bertz CT molecular complexity index is 1330. The number of aryl methyl sites for hydroxylation is 1. The number of benzene rings is 2. The highest BCUT2D eigenvalue weighted by atomic mass is 19.4. The van der Waals surface area contributed by atoms with E-state index in [1.807, 2.05) is 38.1 Å². The molecule has 2 heterocycles. The number of ether oxygens (including phenoxy) is 1. The van der Waals surface area contributed by atoms with Gasteiger partial charge in [0.25, 0.3) is 0 Å². The summed E-state index contributed by atoms with van der Waals surface area (Å²) in [4.78, 5) is 44.3. The number of amides is 4. The Morgan fingerprint density at radius 3 is 2.39 bits per heavy atom. The third-order valence-corrected chi connectivity index (χ3v) is 7.38. The standard InChI is InChI=1S/C29H34F3N5O4/c1-5-41-26(38)24-23(35(4)27(39)34-25(24)22-9-7-6-8-18(22)2)17-36-14-15-37(19(3)16-36)28(40)33-21-12-10-20(11-13-21)29(30,31)32/h6-13,19,25H,5,14-17H2,1-4H3,(H,33,40)(H,34,39)/t19-,25-/m1/s1. The first kappa shape index (κ1) is 29.9. The van der Waals surface area contributed by atoms with Crippen molar-refractivity contribution < 1.29 is 32.3 Å². The predicted octanol–water partition coefficient (Wildman–Crippen LogP) is 4.77. The number of esters is 1. The van der Waals surface area contributed by atoms with Gasteiger partial charge in [-0.2, -0.15) is 13.2 Å². The Morgan fingerprint density at radius 2 is 1.78 bits per heavy atom. The average molecular weight is 574 g/mol. The lowest BCUT2D eigenvalue weighted by Gasteiger charge is -2.42. The van der Waals surface area contributed by atoms with Crippen LogP contribution in [-0.2, 0) is 15.7 Å². The van der Waals surface area contributed by atoms with Crippen molar-refractivity contribution in [3.8, 4) is 0 Å². The summed E-state index contributed by atoms with van der Waals surface area (Å²) < 4.78 is 44.0. The first-order valence-electron chi connectivity index (χ1n) is 13.4. The average Bonchev–Trinajstić information content (AvgIpc) is 2.91. The molecule has 0 aliphatic carbocycles. The molecule has 2 N–H and O–H groups in total. The number of hydrogen-bond acceptors (Lipinski definition) is 5. The molecule has 1 fully saturated rings. The van der Waals surface area contributed by atoms with Crippen molar-refractivity contribution in [3.05, 3.63) is 76.5 Å². The van der Waals surface area contributed by atoms with Crippen LogP contribution in [0.25, 0.3) is 0 Å². The molecule has 2 aromatic rings. The molecule has 4 amide bonds. The van der Waals surface area contributed by atoms with Gasteiger partial charge in [0.2, 0.25) is 0 Å². The molecule has 41 heavy (non-hydrogen) atoms. The summed E-state index contributed by atoms with van der Waals surface area (Å²) in [5, 5.41) is 5.60. The highest BCUT2D eigenvalue weighted by Crippen LogP contribution is 2.33. The van der Waals surface area contributed by atoms with E-state index in [0.717, 1.165) is 23.3 Å². The maximum absolute atomic E-state index is 13.3. The quantitative estimate of drug-likeness (QED) is 0.486. The summed E-state index contributed by atoms with van der Waals surface area (Å²) in [5.41, 5.74) is 2.07. The van der Waals surface area contributed by atoms with Crippen LogP contribution >= 0.6 is 0 Å². The Kier molecular flexibility index (Phi) is 8.91. The van der Waals surface area contributed by atoms with Crippen LogP contribution < -0.4 is 10.6 Å². The summed E-state index contributed by atoms with van der Waals surface area (Å²) in [7, 11) is 1.61. The van der Waals surface area contributed by atoms with Crippen LogP contribution in [0.1, 0.15) is 36.6 Å². The highest BCUT2D eigenvalue weighted by Gasteiger charge is 2.39. The van der Waals surface area contributed by atoms with Crippen molar-refractivity contribution in [1.29, 1.82) is 0 Å². The van der Waals surface area contributed by atoms with Crippen molar-refractivity contribution in [2.45, 2.75) is 39.0 Å². The van der Waals surface area contributed by atoms with Gasteiger partial charge < -0.3 is 20.3 Å². The van der Waals surface area contributed by atoms with Crippen LogP contribution in [0, 0.1) is 6.92 Å². The number of nitrogens with one attached hydrogen (secondary N) is 2. The number of anilines is 1. The minimum atomic E-state index is -4.46. The van der Waals surface area contributed by atoms with Crippen molar-refractivity contribution in [3.63, 3.8) is 0 Å². The molecular formula is C29H34F3N5O4. The topological polar surface area (TPSA) is 94.2 Å². The zero-order valence-electron chi connectivity index (χ0n) is 23.4. The van der Waals surface area contributed by atoms with Gasteiger partial charge >= 0.3 is 24.2 Å². The largest absolute Gasteiger partial charge is 0.463 e. The lowest BCUT2D eigenvalue weighted by atomic mass is 9.91. The van der Waals surface area contributed by atoms with Gasteiger partial charge in [-0.25, -0.2) is 14.4 Å². The molecule has 0 spiro atoms. The van der Waals surface area contributed by atoms with Gasteiger partial charge in [0, 0.05) is 50.7 Å². The van der Waals surface area contributed by atoms with Gasteiger partial charge in [0.15, 0.2) is 0 Å². The number of carbonyl (C=O) groups is 3. The molecule has 2 aliphatic rings. The monoisotopic (exact) mass is 573 g/mol. The van der Waals surface area contributed by atoms with E-state index in [2.05, 4.69) is 15.5 Å². The Morgan fingerprint density at radius 1 is 1.10 bits per heavy atom. The minimum Gasteiger partial charge on any atom is -0.463 e. The molecular weight excluding hydrogens is 539 g/mol. The van der Waals surface area contributed by atoms with E-state index in [4.69, 9.17) is 4.74 Å². The van der Waals surface area contributed by atoms with Gasteiger partial charge in [-0.05, 0) is 56.2 Å². The first-order chi connectivity index (χ1) is 19.4. The molecule has 0 bridgehead atoms. The van der Waals surface area contributed by atoms with E-state index >= 15 is 0 Å². The molecule has 0 saturated carbocycles. The number of nitrogens with zero attached hydrogens (tertiary/aromatic N) is 3. The second-order valence-corrected chi connectivity index (χ2v) is 10.2. The molecule has 2 aromatic carbocycles. The summed E-state index contributed by atoms with van der Waals surface area (Å²) >= 11 is 0. The molecule has 4 rings (SSSR count). The number of piperazine rings is 1. The molecule has 0 radical (unpaired) electrons. The first-order valence-corrected chi connectivity index (χ1v) is 13.4. The van der Waals surface area contributed by atoms with Gasteiger partial charge in [0.1, 0.15) is 0 Å². The molecule has 0 aromatic heterocycles. The lowest BCUT2D eigenvalue weighted by Crippen LogP contribution is -2.57. The normalized spacial score (nSPS) is 20.1. The van der Waals surface area contributed by atoms with Crippen molar-refractivity contribution in [1.82, 2.24) is 20.0 Å². The number of urea groups is 2. The third kappa shape index (κ3) is 6.64. The SMILES string of the molecule is CCOC(=O)C1=C(CN2CCN(C(=O)Nc3ccc(C(F)(F)F)cc3)[C@H](C)C2)N(C)C(=O)N[C@@H]1c1ccccc1C. The van der Waals surface area contributed by atoms with Crippen LogP contribution in [0.4, 0.5) is 28.4 Å². The number of rotatable bonds is 6. The highest BCUT2D eigenvalue weighted by molar-refractivity contribution is 5.95. The van der Waals surface area contributed by atoms with Crippen molar-refractivity contribution in [2.75, 3.05) is 45.2 Å². The van der Waals surface area contributed by atoms with E-state index in [9.17, 15) is 27.6 Å². The van der Waals surface area contributed by atoms with Gasteiger partial charge in [-0.1, -0.05) is 24.3 Å². The summed E-state index contributed by atoms with van der Waals surface area (Å²) in [6.07, 6.45) is -4.46. The van der Waals surface area contributed by atoms with Crippen LogP contribution in [0.5, 0.6) is 0 Å². The third-order valence-electron chi connectivity index (χ3n) is 7.38. The van der Waals surface area contributed by atoms with E-state index in [-0.39, 0.29) is 30.9 Å². The second-order valence-electron chi connectivity index (χ2n) is 10.2. The Hall–Kier alpha value is -4.06. The fraction of sp³-hybridized carbons (Fsp3) is 0.414. The zero-order chi connectivity index (χ0) is 29.9. The van der Waals surface area contributed by atoms with Gasteiger partial charge in [0.05, 0.1) is 23.8 Å². The van der Waals surface area contributed by atoms with Crippen molar-refractivity contribution >= 4 is 23.7 Å². The number of carbonyl (C=O) groups excluding carboxylic acids is 3. The molecule has 1 saturated heterocycles. The molecule has 2 atom stereocenters. The molecule has 9 nitrogen and oxygen atoms in total. The fourth-order valence-corrected chi connectivity index (χ4v) is 5.17. The van der Waals surface area contributed by atoms with E-state index in [0.29, 0.717) is 30.9 Å². The lowest BCUT2D eigenvalue weighted by molar-refractivity contribution is -0.139. The summed E-state index contributed by atoms with van der Waals surface area (Å²) in [6.45, 7) is 7.21. The number of alkyl halides is 3. The minimum absolute atomic E-state index is 0.178. The maximum Gasteiger partial charge on any atom is 0.416 e. The molecule has 0 unspecified atom stereocenters. The second kappa shape index (κ2) is 12.2. The predicted molar refractivity (Wildman–Crippen MR) is 147 cm³/mol. The van der Waals surface area contributed by atoms with Crippen LogP contribution in [0.15, 0.2) is 59.8 Å². The molecule has 220 valence electrons. The van der Waals surface area contributed by atoms with Crippen molar-refractivity contribution in [2.24, 2.45) is 0 Å². The van der Waals surface area contributed by atoms with E-state index < -0.39 is 29.8 Å². The number of hydrogen-bond donors (Lipinski definition) is 2. The van der Waals surface area contributed by atoms with E-state index in [1.165, 1.54) is 17.0 Å². The van der Waals surface area contributed by atoms with Gasteiger partial charge in [-0.15, -0.1) is 0 Å². The Balaban J connectivity index is 1.51. The smallest absolute Gasteiger partial charge is 0.416 e. The van der Waals surface area contributed by atoms with Crippen LogP contribution in [0.2, 0.25) is 0 Å². The zero-order valence-corrected chi connectivity index (χ0v) is 23.4. The Labute approximate surface area is 236 Å². The van der Waals surface area contributed by atoms with E-state index in [1.54, 1.807) is 18.9 Å². The summed E-state index contributed by atoms with van der Waals surface area (Å²) in [5.74, 6) is -0.509. The number of likely N-dealkylation sites (N-methyl/N-ethyl adjacent to an activating group) is 1. The number of halogens is 3.